The highest BCUT2D eigenvalue weighted by molar-refractivity contribution is 5.58. The molecule has 2 atom stereocenters. The van der Waals surface area contributed by atoms with E-state index in [2.05, 4.69) is 20.5 Å². The summed E-state index contributed by atoms with van der Waals surface area (Å²) in [4.78, 5) is 4.42. The SMILES string of the molecule is Cn1ccnc1-c1n[nH]c2c1CC[C@H]1CNC[C@@H]21. The summed E-state index contributed by atoms with van der Waals surface area (Å²) in [5, 5.41) is 11.3. The molecule has 1 aliphatic carbocycles. The highest BCUT2D eigenvalue weighted by Gasteiger charge is 2.36. The molecule has 0 aromatic carbocycles. The summed E-state index contributed by atoms with van der Waals surface area (Å²) in [6, 6.07) is 0. The Bertz CT molecular complexity index is 582. The lowest BCUT2D eigenvalue weighted by molar-refractivity contribution is 0.445. The smallest absolute Gasteiger partial charge is 0.160 e. The van der Waals surface area contributed by atoms with Crippen molar-refractivity contribution < 1.29 is 0 Å². The largest absolute Gasteiger partial charge is 0.333 e. The van der Waals surface area contributed by atoms with E-state index in [9.17, 15) is 0 Å². The number of rotatable bonds is 1. The Morgan fingerprint density at radius 1 is 1.39 bits per heavy atom. The quantitative estimate of drug-likeness (QED) is 0.787. The molecule has 1 fully saturated rings. The summed E-state index contributed by atoms with van der Waals surface area (Å²) >= 11 is 0. The molecule has 0 amide bonds. The predicted molar refractivity (Wildman–Crippen MR) is 68.2 cm³/mol. The van der Waals surface area contributed by atoms with E-state index in [1.165, 1.54) is 17.7 Å². The maximum atomic E-state index is 4.53. The molecule has 2 N–H and O–H groups in total. The van der Waals surface area contributed by atoms with E-state index < -0.39 is 0 Å². The molecule has 2 aliphatic rings. The van der Waals surface area contributed by atoms with E-state index in [1.54, 1.807) is 0 Å². The normalized spacial score (nSPS) is 26.1. The standard InChI is InChI=1S/C13H17N5/c1-18-5-4-15-13(18)12-9-3-2-8-6-14-7-10(8)11(9)16-17-12/h4-5,8,10,14H,2-3,6-7H2,1H3,(H,16,17)/t8-,10+/m0/s1. The topological polar surface area (TPSA) is 58.5 Å². The van der Waals surface area contributed by atoms with Crippen molar-refractivity contribution in [1.82, 2.24) is 25.1 Å². The molecule has 0 bridgehead atoms. The fourth-order valence-electron chi connectivity index (χ4n) is 3.42. The highest BCUT2D eigenvalue weighted by atomic mass is 15.2. The minimum atomic E-state index is 0.621. The number of aromatic nitrogens is 4. The predicted octanol–water partition coefficient (Wildman–Crippen LogP) is 1.06. The number of fused-ring (bicyclic) bond motifs is 3. The van der Waals surface area contributed by atoms with E-state index in [0.717, 1.165) is 36.9 Å². The first-order chi connectivity index (χ1) is 8.84. The van der Waals surface area contributed by atoms with Crippen molar-refractivity contribution in [2.24, 2.45) is 13.0 Å². The zero-order valence-corrected chi connectivity index (χ0v) is 10.5. The number of nitrogens with one attached hydrogen (secondary N) is 2. The summed E-state index contributed by atoms with van der Waals surface area (Å²) in [6.45, 7) is 2.24. The molecule has 0 unspecified atom stereocenters. The molecule has 18 heavy (non-hydrogen) atoms. The van der Waals surface area contributed by atoms with Crippen LogP contribution in [0.25, 0.3) is 11.5 Å². The Labute approximate surface area is 106 Å². The minimum Gasteiger partial charge on any atom is -0.333 e. The van der Waals surface area contributed by atoms with Gasteiger partial charge in [0.25, 0.3) is 0 Å². The average Bonchev–Trinajstić information content (AvgIpc) is 3.04. The van der Waals surface area contributed by atoms with Gasteiger partial charge in [0.05, 0.1) is 0 Å². The molecule has 2 aromatic rings. The third-order valence-electron chi connectivity index (χ3n) is 4.41. The van der Waals surface area contributed by atoms with Crippen molar-refractivity contribution in [2.45, 2.75) is 18.8 Å². The van der Waals surface area contributed by atoms with E-state index in [1.807, 2.05) is 24.0 Å². The van der Waals surface area contributed by atoms with Crippen LogP contribution < -0.4 is 5.32 Å². The van der Waals surface area contributed by atoms with Crippen LogP contribution in [0.1, 0.15) is 23.6 Å². The number of nitrogens with zero attached hydrogens (tertiary/aromatic N) is 3. The molecule has 4 rings (SSSR count). The zero-order valence-electron chi connectivity index (χ0n) is 10.5. The van der Waals surface area contributed by atoms with Gasteiger partial charge in [-0.3, -0.25) is 5.10 Å². The van der Waals surface area contributed by atoms with Gasteiger partial charge in [0.2, 0.25) is 0 Å². The average molecular weight is 243 g/mol. The Morgan fingerprint density at radius 3 is 3.17 bits per heavy atom. The van der Waals surface area contributed by atoms with E-state index in [4.69, 9.17) is 0 Å². The van der Waals surface area contributed by atoms with Crippen molar-refractivity contribution in [1.29, 1.82) is 0 Å². The van der Waals surface area contributed by atoms with Gasteiger partial charge in [-0.25, -0.2) is 4.98 Å². The molecular formula is C13H17N5. The van der Waals surface area contributed by atoms with Gasteiger partial charge in [0.1, 0.15) is 5.69 Å². The first-order valence-corrected chi connectivity index (χ1v) is 6.60. The van der Waals surface area contributed by atoms with Crippen LogP contribution in [0.3, 0.4) is 0 Å². The highest BCUT2D eigenvalue weighted by Crippen LogP contribution is 2.40. The second-order valence-corrected chi connectivity index (χ2v) is 5.39. The Morgan fingerprint density at radius 2 is 2.33 bits per heavy atom. The number of hydrogen-bond acceptors (Lipinski definition) is 3. The molecular weight excluding hydrogens is 226 g/mol. The summed E-state index contributed by atoms with van der Waals surface area (Å²) in [5.74, 6) is 2.37. The van der Waals surface area contributed by atoms with Gasteiger partial charge in [-0.15, -0.1) is 0 Å². The van der Waals surface area contributed by atoms with Crippen LogP contribution in [0.15, 0.2) is 12.4 Å². The second kappa shape index (κ2) is 3.68. The van der Waals surface area contributed by atoms with Gasteiger partial charge in [-0.2, -0.15) is 5.10 Å². The lowest BCUT2D eigenvalue weighted by Gasteiger charge is -2.24. The summed E-state index contributed by atoms with van der Waals surface area (Å²) in [7, 11) is 2.02. The molecule has 5 heteroatoms. The van der Waals surface area contributed by atoms with Crippen LogP contribution in [-0.2, 0) is 13.5 Å². The number of hydrogen-bond donors (Lipinski definition) is 2. The van der Waals surface area contributed by atoms with E-state index in [0.29, 0.717) is 5.92 Å². The lowest BCUT2D eigenvalue weighted by atomic mass is 9.80. The van der Waals surface area contributed by atoms with Crippen molar-refractivity contribution in [3.05, 3.63) is 23.7 Å². The van der Waals surface area contributed by atoms with Gasteiger partial charge in [-0.05, 0) is 25.3 Å². The Balaban J connectivity index is 1.82. The van der Waals surface area contributed by atoms with Gasteiger partial charge in [-0.1, -0.05) is 0 Å². The van der Waals surface area contributed by atoms with Crippen LogP contribution in [0.4, 0.5) is 0 Å². The van der Waals surface area contributed by atoms with E-state index in [-0.39, 0.29) is 0 Å². The summed E-state index contributed by atoms with van der Waals surface area (Å²) < 4.78 is 2.04. The first-order valence-electron chi connectivity index (χ1n) is 6.60. The number of aromatic amines is 1. The number of imidazole rings is 1. The maximum absolute atomic E-state index is 4.53. The molecule has 3 heterocycles. The monoisotopic (exact) mass is 243 g/mol. The van der Waals surface area contributed by atoms with Crippen molar-refractivity contribution >= 4 is 0 Å². The van der Waals surface area contributed by atoms with Crippen LogP contribution in [0.2, 0.25) is 0 Å². The summed E-state index contributed by atoms with van der Waals surface area (Å²) in [5.41, 5.74) is 3.77. The molecule has 0 spiro atoms. The molecule has 5 nitrogen and oxygen atoms in total. The third kappa shape index (κ3) is 1.31. The Kier molecular flexibility index (Phi) is 2.11. The van der Waals surface area contributed by atoms with Gasteiger partial charge >= 0.3 is 0 Å². The van der Waals surface area contributed by atoms with Crippen molar-refractivity contribution in [3.8, 4) is 11.5 Å². The van der Waals surface area contributed by atoms with Crippen LogP contribution >= 0.6 is 0 Å². The molecule has 2 aromatic heterocycles. The van der Waals surface area contributed by atoms with Crippen molar-refractivity contribution in [2.75, 3.05) is 13.1 Å². The second-order valence-electron chi connectivity index (χ2n) is 5.39. The minimum absolute atomic E-state index is 0.621. The first kappa shape index (κ1) is 10.3. The molecule has 94 valence electrons. The van der Waals surface area contributed by atoms with Crippen LogP contribution in [-0.4, -0.2) is 32.8 Å². The van der Waals surface area contributed by atoms with Gasteiger partial charge in [0.15, 0.2) is 5.82 Å². The van der Waals surface area contributed by atoms with E-state index >= 15 is 0 Å². The van der Waals surface area contributed by atoms with Crippen molar-refractivity contribution in [3.63, 3.8) is 0 Å². The molecule has 1 aliphatic heterocycles. The number of aryl methyl sites for hydroxylation is 1. The summed E-state index contributed by atoms with van der Waals surface area (Å²) in [6.07, 6.45) is 6.19. The fourth-order valence-corrected chi connectivity index (χ4v) is 3.42. The number of H-pyrrole nitrogens is 1. The lowest BCUT2D eigenvalue weighted by Crippen LogP contribution is -2.19. The van der Waals surface area contributed by atoms with Gasteiger partial charge in [0, 0.05) is 43.2 Å². The molecule has 1 saturated heterocycles. The maximum Gasteiger partial charge on any atom is 0.160 e. The Hall–Kier alpha value is -1.62. The molecule has 0 saturated carbocycles. The fraction of sp³-hybridized carbons (Fsp3) is 0.538. The zero-order chi connectivity index (χ0) is 12.1. The molecule has 0 radical (unpaired) electrons. The van der Waals surface area contributed by atoms with Crippen LogP contribution in [0, 0.1) is 5.92 Å². The van der Waals surface area contributed by atoms with Crippen LogP contribution in [0.5, 0.6) is 0 Å². The van der Waals surface area contributed by atoms with Gasteiger partial charge < -0.3 is 9.88 Å². The third-order valence-corrected chi connectivity index (χ3v) is 4.41.